The van der Waals surface area contributed by atoms with Gasteiger partial charge < -0.3 is 0 Å². The predicted octanol–water partition coefficient (Wildman–Crippen LogP) is 2.93. The first-order valence-electron chi connectivity index (χ1n) is 5.37. The average molecular weight is 207 g/mol. The Labute approximate surface area is 87.4 Å². The van der Waals surface area contributed by atoms with Crippen molar-refractivity contribution in [3.63, 3.8) is 0 Å². The fourth-order valence-electron chi connectivity index (χ4n) is 2.12. The number of hydrogen-bond acceptors (Lipinski definition) is 3. The predicted molar refractivity (Wildman–Crippen MR) is 56.0 cm³/mol. The Hall–Kier alpha value is -0.700. The monoisotopic (exact) mass is 207 g/mol. The van der Waals surface area contributed by atoms with E-state index < -0.39 is 0 Å². The van der Waals surface area contributed by atoms with Crippen LogP contribution in [0.1, 0.15) is 58.4 Å². The molecule has 3 heteroatoms. The minimum absolute atomic E-state index is 0.328. The lowest BCUT2D eigenvalue weighted by Gasteiger charge is -2.22. The maximum absolute atomic E-state index is 11.6. The van der Waals surface area contributed by atoms with Gasteiger partial charge in [0.2, 0.25) is 0 Å². The molecular weight excluding hydrogens is 194 g/mol. The average Bonchev–Trinajstić information content (AvgIpc) is 2.46. The molecule has 0 saturated heterocycles. The first-order chi connectivity index (χ1) is 6.84. The van der Waals surface area contributed by atoms with Crippen LogP contribution in [0.25, 0.3) is 0 Å². The van der Waals surface area contributed by atoms with E-state index in [4.69, 9.17) is 0 Å². The zero-order valence-corrected chi connectivity index (χ0v) is 8.90. The number of fused-ring (bicyclic) bond motifs is 1. The van der Waals surface area contributed by atoms with Crippen LogP contribution >= 0.6 is 11.3 Å². The Morgan fingerprint density at radius 1 is 1.21 bits per heavy atom. The summed E-state index contributed by atoms with van der Waals surface area (Å²) >= 11 is 1.67. The molecule has 0 amide bonds. The van der Waals surface area contributed by atoms with E-state index >= 15 is 0 Å². The molecule has 0 radical (unpaired) electrons. The summed E-state index contributed by atoms with van der Waals surface area (Å²) in [4.78, 5) is 17.2. The largest absolute Gasteiger partial charge is 0.293 e. The van der Waals surface area contributed by atoms with E-state index in [1.165, 1.54) is 24.3 Å². The van der Waals surface area contributed by atoms with Crippen LogP contribution in [0.4, 0.5) is 0 Å². The molecule has 74 valence electrons. The zero-order chi connectivity index (χ0) is 9.54. The van der Waals surface area contributed by atoms with Gasteiger partial charge in [-0.15, -0.1) is 11.3 Å². The zero-order valence-electron chi connectivity index (χ0n) is 8.08. The van der Waals surface area contributed by atoms with Crippen LogP contribution in [-0.2, 0) is 6.42 Å². The molecule has 0 aliphatic heterocycles. The van der Waals surface area contributed by atoms with Gasteiger partial charge in [-0.2, -0.15) is 0 Å². The molecule has 1 saturated carbocycles. The summed E-state index contributed by atoms with van der Waals surface area (Å²) < 4.78 is 0. The second kappa shape index (κ2) is 3.16. The van der Waals surface area contributed by atoms with Gasteiger partial charge in [-0.25, -0.2) is 4.98 Å². The molecule has 1 heterocycles. The highest BCUT2D eigenvalue weighted by molar-refractivity contribution is 7.14. The normalized spacial score (nSPS) is 21.9. The quantitative estimate of drug-likeness (QED) is 0.708. The molecule has 2 nitrogen and oxygen atoms in total. The van der Waals surface area contributed by atoms with E-state index in [1.54, 1.807) is 11.3 Å². The van der Waals surface area contributed by atoms with E-state index in [9.17, 15) is 4.79 Å². The van der Waals surface area contributed by atoms with Gasteiger partial charge in [0, 0.05) is 12.3 Å². The number of aromatic nitrogens is 1. The molecule has 2 aliphatic rings. The summed E-state index contributed by atoms with van der Waals surface area (Å²) in [5.41, 5.74) is 1.09. The van der Waals surface area contributed by atoms with E-state index in [0.717, 1.165) is 29.8 Å². The maximum atomic E-state index is 11.6. The molecule has 0 unspecified atom stereocenters. The minimum Gasteiger partial charge on any atom is -0.293 e. The molecule has 1 fully saturated rings. The van der Waals surface area contributed by atoms with Gasteiger partial charge in [0.15, 0.2) is 5.78 Å². The molecule has 0 spiro atoms. The van der Waals surface area contributed by atoms with Gasteiger partial charge >= 0.3 is 0 Å². The van der Waals surface area contributed by atoms with Crippen molar-refractivity contribution in [2.45, 2.75) is 44.4 Å². The first kappa shape index (κ1) is 8.60. The summed E-state index contributed by atoms with van der Waals surface area (Å²) in [6, 6.07) is 0. The molecule has 3 rings (SSSR count). The van der Waals surface area contributed by atoms with Crippen molar-refractivity contribution < 1.29 is 4.79 Å². The van der Waals surface area contributed by atoms with Crippen LogP contribution in [-0.4, -0.2) is 10.8 Å². The minimum atomic E-state index is 0.328. The number of rotatable bonds is 1. The second-order valence-electron chi connectivity index (χ2n) is 4.23. The fourth-order valence-corrected chi connectivity index (χ4v) is 3.37. The van der Waals surface area contributed by atoms with Crippen molar-refractivity contribution in [2.24, 2.45) is 0 Å². The second-order valence-corrected chi connectivity index (χ2v) is 5.26. The number of ketones is 1. The number of nitrogens with zero attached hydrogens (tertiary/aromatic N) is 1. The lowest BCUT2D eigenvalue weighted by atomic mass is 9.86. The van der Waals surface area contributed by atoms with Gasteiger partial charge in [0.25, 0.3) is 0 Å². The molecule has 14 heavy (non-hydrogen) atoms. The third-order valence-corrected chi connectivity index (χ3v) is 4.54. The highest BCUT2D eigenvalue weighted by Crippen LogP contribution is 2.40. The Bertz CT molecular complexity index is 379. The third kappa shape index (κ3) is 1.22. The number of aryl methyl sites for hydroxylation is 1. The Morgan fingerprint density at radius 2 is 2.07 bits per heavy atom. The summed E-state index contributed by atoms with van der Waals surface area (Å²) in [7, 11) is 0. The number of carbonyl (C=O) groups is 1. The van der Waals surface area contributed by atoms with Crippen LogP contribution in [0.3, 0.4) is 0 Å². The topological polar surface area (TPSA) is 30.0 Å². The van der Waals surface area contributed by atoms with Crippen molar-refractivity contribution in [3.8, 4) is 0 Å². The van der Waals surface area contributed by atoms with Crippen molar-refractivity contribution in [1.29, 1.82) is 0 Å². The Morgan fingerprint density at radius 3 is 2.71 bits per heavy atom. The van der Waals surface area contributed by atoms with Crippen LogP contribution in [0.15, 0.2) is 0 Å². The van der Waals surface area contributed by atoms with E-state index in [-0.39, 0.29) is 0 Å². The van der Waals surface area contributed by atoms with Crippen molar-refractivity contribution >= 4 is 17.1 Å². The van der Waals surface area contributed by atoms with Gasteiger partial charge in [-0.05, 0) is 25.7 Å². The molecule has 0 N–H and O–H groups in total. The van der Waals surface area contributed by atoms with E-state index in [0.29, 0.717) is 11.7 Å². The van der Waals surface area contributed by atoms with Crippen molar-refractivity contribution in [2.75, 3.05) is 0 Å². The molecule has 0 aromatic carbocycles. The number of hydrogen-bond donors (Lipinski definition) is 0. The fraction of sp³-hybridized carbons (Fsp3) is 0.636. The van der Waals surface area contributed by atoms with E-state index in [2.05, 4.69) is 4.98 Å². The molecule has 0 atom stereocenters. The van der Waals surface area contributed by atoms with Crippen molar-refractivity contribution in [1.82, 2.24) is 4.98 Å². The Kier molecular flexibility index (Phi) is 1.94. The van der Waals surface area contributed by atoms with Crippen LogP contribution in [0.5, 0.6) is 0 Å². The van der Waals surface area contributed by atoms with Crippen LogP contribution in [0.2, 0.25) is 0 Å². The molecule has 1 aromatic heterocycles. The van der Waals surface area contributed by atoms with Crippen molar-refractivity contribution in [3.05, 3.63) is 15.6 Å². The SMILES string of the molecule is O=C1CCCc2nc(C3CCC3)sc21. The number of Topliss-reactive ketones (excluding diaryl/α,β-unsaturated/α-hetero) is 1. The van der Waals surface area contributed by atoms with E-state index in [1.807, 2.05) is 0 Å². The maximum Gasteiger partial charge on any atom is 0.174 e. The summed E-state index contributed by atoms with van der Waals surface area (Å²) in [6.07, 6.45) is 6.65. The van der Waals surface area contributed by atoms with Gasteiger partial charge in [0.05, 0.1) is 15.6 Å². The van der Waals surface area contributed by atoms with Crippen LogP contribution in [0, 0.1) is 0 Å². The summed E-state index contributed by atoms with van der Waals surface area (Å²) in [6.45, 7) is 0. The summed E-state index contributed by atoms with van der Waals surface area (Å²) in [5.74, 6) is 1.01. The van der Waals surface area contributed by atoms with Gasteiger partial charge in [-0.3, -0.25) is 4.79 Å². The lowest BCUT2D eigenvalue weighted by Crippen LogP contribution is -2.09. The molecule has 1 aromatic rings. The molecular formula is C11H13NOS. The third-order valence-electron chi connectivity index (χ3n) is 3.24. The molecule has 2 aliphatic carbocycles. The lowest BCUT2D eigenvalue weighted by molar-refractivity contribution is 0.0976. The number of thiazole rings is 1. The summed E-state index contributed by atoms with van der Waals surface area (Å²) in [5, 5.41) is 1.23. The highest BCUT2D eigenvalue weighted by atomic mass is 32.1. The number of carbonyl (C=O) groups excluding carboxylic acids is 1. The first-order valence-corrected chi connectivity index (χ1v) is 6.19. The van der Waals surface area contributed by atoms with Gasteiger partial charge in [0.1, 0.15) is 0 Å². The molecule has 0 bridgehead atoms. The van der Waals surface area contributed by atoms with Crippen LogP contribution < -0.4 is 0 Å². The smallest absolute Gasteiger partial charge is 0.174 e. The Balaban J connectivity index is 1.97. The van der Waals surface area contributed by atoms with Gasteiger partial charge in [-0.1, -0.05) is 6.42 Å². The highest BCUT2D eigenvalue weighted by Gasteiger charge is 2.28. The standard InChI is InChI=1S/C11H13NOS/c13-9-6-2-5-8-10(9)14-11(12-8)7-3-1-4-7/h7H,1-6H2.